The van der Waals surface area contributed by atoms with E-state index in [1.54, 1.807) is 11.9 Å². The second-order valence-electron chi connectivity index (χ2n) is 7.77. The van der Waals surface area contributed by atoms with Crippen LogP contribution in [0.3, 0.4) is 0 Å². The average molecular weight is 373 g/mol. The van der Waals surface area contributed by atoms with Gasteiger partial charge in [-0.2, -0.15) is 0 Å². The summed E-state index contributed by atoms with van der Waals surface area (Å²) in [5.74, 6) is -0.219. The standard InChI is InChI=1S/C21H31N3O3/c1-5-24(6-2)14-21(11-12-21)22-20(26)19-18(23(4)17(25)13-27-19)16-10-8-7-9-15(16)3/h7-10,18-19H,5-6,11-14H2,1-4H3,(H,22,26)/t18-,19+/m1/s1. The highest BCUT2D eigenvalue weighted by Crippen LogP contribution is 2.38. The van der Waals surface area contributed by atoms with Crippen LogP contribution in [0.25, 0.3) is 0 Å². The van der Waals surface area contributed by atoms with Crippen LogP contribution in [-0.2, 0) is 14.3 Å². The summed E-state index contributed by atoms with van der Waals surface area (Å²) in [6.45, 7) is 9.03. The van der Waals surface area contributed by atoms with E-state index in [0.29, 0.717) is 0 Å². The molecule has 1 N–H and O–H groups in total. The summed E-state index contributed by atoms with van der Waals surface area (Å²) >= 11 is 0. The highest BCUT2D eigenvalue weighted by molar-refractivity contribution is 5.87. The molecule has 1 saturated carbocycles. The minimum atomic E-state index is -0.692. The third-order valence-corrected chi connectivity index (χ3v) is 5.91. The van der Waals surface area contributed by atoms with Crippen molar-refractivity contribution in [2.45, 2.75) is 51.3 Å². The smallest absolute Gasteiger partial charge is 0.252 e. The number of likely N-dealkylation sites (N-methyl/N-ethyl adjacent to an activating group) is 2. The molecule has 2 aliphatic rings. The fourth-order valence-corrected chi connectivity index (χ4v) is 3.90. The third kappa shape index (κ3) is 4.17. The number of rotatable bonds is 7. The Morgan fingerprint density at radius 3 is 2.56 bits per heavy atom. The van der Waals surface area contributed by atoms with Gasteiger partial charge in [0.1, 0.15) is 6.61 Å². The lowest BCUT2D eigenvalue weighted by Crippen LogP contribution is -2.56. The maximum Gasteiger partial charge on any atom is 0.252 e. The molecular formula is C21H31N3O3. The maximum atomic E-state index is 13.2. The predicted molar refractivity (Wildman–Crippen MR) is 104 cm³/mol. The number of benzene rings is 1. The lowest BCUT2D eigenvalue weighted by atomic mass is 9.93. The molecule has 1 saturated heterocycles. The molecule has 1 aromatic rings. The molecule has 6 heteroatoms. The van der Waals surface area contributed by atoms with E-state index in [-0.39, 0.29) is 24.0 Å². The minimum Gasteiger partial charge on any atom is -0.356 e. The van der Waals surface area contributed by atoms with E-state index >= 15 is 0 Å². The summed E-state index contributed by atoms with van der Waals surface area (Å²) in [5.41, 5.74) is 1.86. The van der Waals surface area contributed by atoms with Crippen molar-refractivity contribution >= 4 is 11.8 Å². The van der Waals surface area contributed by atoms with E-state index < -0.39 is 12.1 Å². The van der Waals surface area contributed by atoms with E-state index in [0.717, 1.165) is 43.6 Å². The number of carbonyl (C=O) groups is 2. The van der Waals surface area contributed by atoms with Crippen LogP contribution in [0.5, 0.6) is 0 Å². The fourth-order valence-electron chi connectivity index (χ4n) is 3.90. The summed E-state index contributed by atoms with van der Waals surface area (Å²) < 4.78 is 5.76. The SMILES string of the molecule is CCN(CC)CC1(NC(=O)[C@H]2OCC(=O)N(C)[C@@H]2c2ccccc2C)CC1. The number of nitrogens with one attached hydrogen (secondary N) is 1. The summed E-state index contributed by atoms with van der Waals surface area (Å²) in [6, 6.07) is 7.47. The molecule has 2 amide bonds. The first-order valence-electron chi connectivity index (χ1n) is 9.88. The van der Waals surface area contributed by atoms with E-state index in [4.69, 9.17) is 4.74 Å². The predicted octanol–water partition coefficient (Wildman–Crippen LogP) is 1.88. The molecule has 1 aliphatic carbocycles. The average Bonchev–Trinajstić information content (AvgIpc) is 3.41. The summed E-state index contributed by atoms with van der Waals surface area (Å²) in [6.07, 6.45) is 1.29. The molecule has 0 unspecified atom stereocenters. The Bertz CT molecular complexity index is 698. The van der Waals surface area contributed by atoms with Gasteiger partial charge in [0.15, 0.2) is 6.10 Å². The Balaban J connectivity index is 1.80. The van der Waals surface area contributed by atoms with Crippen molar-refractivity contribution in [1.82, 2.24) is 15.1 Å². The Morgan fingerprint density at radius 2 is 1.96 bits per heavy atom. The number of morpholine rings is 1. The highest BCUT2D eigenvalue weighted by Gasteiger charge is 2.48. The number of amides is 2. The minimum absolute atomic E-state index is 0.0555. The molecule has 1 aromatic carbocycles. The van der Waals surface area contributed by atoms with E-state index in [1.165, 1.54) is 0 Å². The van der Waals surface area contributed by atoms with Crippen LogP contribution in [-0.4, -0.2) is 66.5 Å². The first-order valence-corrected chi connectivity index (χ1v) is 9.88. The molecule has 1 heterocycles. The molecule has 2 fully saturated rings. The van der Waals surface area contributed by atoms with Gasteiger partial charge < -0.3 is 19.9 Å². The molecule has 6 nitrogen and oxygen atoms in total. The first-order chi connectivity index (χ1) is 12.9. The van der Waals surface area contributed by atoms with Gasteiger partial charge in [-0.15, -0.1) is 0 Å². The topological polar surface area (TPSA) is 61.9 Å². The fraction of sp³-hybridized carbons (Fsp3) is 0.619. The number of hydrogen-bond donors (Lipinski definition) is 1. The monoisotopic (exact) mass is 373 g/mol. The van der Waals surface area contributed by atoms with Crippen LogP contribution >= 0.6 is 0 Å². The first kappa shape index (κ1) is 19.8. The van der Waals surface area contributed by atoms with Crippen molar-refractivity contribution in [1.29, 1.82) is 0 Å². The van der Waals surface area contributed by atoms with Crippen molar-refractivity contribution in [2.24, 2.45) is 0 Å². The zero-order valence-corrected chi connectivity index (χ0v) is 16.8. The second kappa shape index (κ2) is 7.98. The summed E-state index contributed by atoms with van der Waals surface area (Å²) in [4.78, 5) is 29.4. The molecule has 0 aromatic heterocycles. The van der Waals surface area contributed by atoms with Gasteiger partial charge in [0, 0.05) is 13.6 Å². The number of aryl methyl sites for hydroxylation is 1. The van der Waals surface area contributed by atoms with Crippen molar-refractivity contribution in [3.63, 3.8) is 0 Å². The van der Waals surface area contributed by atoms with Crippen molar-refractivity contribution < 1.29 is 14.3 Å². The van der Waals surface area contributed by atoms with Crippen LogP contribution in [0.15, 0.2) is 24.3 Å². The van der Waals surface area contributed by atoms with Gasteiger partial charge in [-0.05, 0) is 44.0 Å². The van der Waals surface area contributed by atoms with Gasteiger partial charge in [0.2, 0.25) is 5.91 Å². The lowest BCUT2D eigenvalue weighted by Gasteiger charge is -2.39. The van der Waals surface area contributed by atoms with Crippen LogP contribution in [0, 0.1) is 6.92 Å². The van der Waals surface area contributed by atoms with E-state index in [1.807, 2.05) is 31.2 Å². The van der Waals surface area contributed by atoms with Crippen LogP contribution in [0.4, 0.5) is 0 Å². The maximum absolute atomic E-state index is 13.2. The van der Waals surface area contributed by atoms with Crippen molar-refractivity contribution in [3.05, 3.63) is 35.4 Å². The number of carbonyl (C=O) groups excluding carboxylic acids is 2. The van der Waals surface area contributed by atoms with Crippen LogP contribution < -0.4 is 5.32 Å². The van der Waals surface area contributed by atoms with Gasteiger partial charge in [0.05, 0.1) is 11.6 Å². The number of ether oxygens (including phenoxy) is 1. The highest BCUT2D eigenvalue weighted by atomic mass is 16.5. The summed E-state index contributed by atoms with van der Waals surface area (Å²) in [7, 11) is 1.75. The Hall–Kier alpha value is -1.92. The molecule has 27 heavy (non-hydrogen) atoms. The van der Waals surface area contributed by atoms with Crippen LogP contribution in [0.2, 0.25) is 0 Å². The largest absolute Gasteiger partial charge is 0.356 e. The molecule has 0 spiro atoms. The molecular weight excluding hydrogens is 342 g/mol. The Morgan fingerprint density at radius 1 is 1.30 bits per heavy atom. The molecule has 1 aliphatic heterocycles. The van der Waals surface area contributed by atoms with E-state index in [2.05, 4.69) is 24.1 Å². The second-order valence-corrected chi connectivity index (χ2v) is 7.77. The van der Waals surface area contributed by atoms with Gasteiger partial charge >= 0.3 is 0 Å². The molecule has 148 valence electrons. The van der Waals surface area contributed by atoms with Gasteiger partial charge in [-0.25, -0.2) is 0 Å². The molecule has 2 atom stereocenters. The zero-order chi connectivity index (χ0) is 19.6. The normalized spacial score (nSPS) is 24.2. The lowest BCUT2D eigenvalue weighted by molar-refractivity contribution is -0.162. The number of nitrogens with zero attached hydrogens (tertiary/aromatic N) is 2. The Labute approximate surface area is 161 Å². The Kier molecular flexibility index (Phi) is 5.86. The van der Waals surface area contributed by atoms with Crippen molar-refractivity contribution in [3.8, 4) is 0 Å². The third-order valence-electron chi connectivity index (χ3n) is 5.91. The number of hydrogen-bond acceptors (Lipinski definition) is 4. The quantitative estimate of drug-likeness (QED) is 0.793. The van der Waals surface area contributed by atoms with E-state index in [9.17, 15) is 9.59 Å². The van der Waals surface area contributed by atoms with Gasteiger partial charge in [-0.1, -0.05) is 38.1 Å². The molecule has 0 radical (unpaired) electrons. The molecule has 0 bridgehead atoms. The van der Waals surface area contributed by atoms with Gasteiger partial charge in [-0.3, -0.25) is 9.59 Å². The van der Waals surface area contributed by atoms with Crippen LogP contribution in [0.1, 0.15) is 43.9 Å². The molecule has 3 rings (SSSR count). The summed E-state index contributed by atoms with van der Waals surface area (Å²) in [5, 5.41) is 3.25. The zero-order valence-electron chi connectivity index (χ0n) is 16.8. The van der Waals surface area contributed by atoms with Gasteiger partial charge in [0.25, 0.3) is 5.91 Å². The van der Waals surface area contributed by atoms with Crippen molar-refractivity contribution in [2.75, 3.05) is 33.3 Å².